The first-order chi connectivity index (χ1) is 11.4. The lowest BCUT2D eigenvalue weighted by Gasteiger charge is -2.10. The Morgan fingerprint density at radius 1 is 0.958 bits per heavy atom. The number of ether oxygens (including phenoxy) is 2. The van der Waals surface area contributed by atoms with Crippen molar-refractivity contribution in [3.05, 3.63) is 59.7 Å². The first kappa shape index (κ1) is 17.2. The maximum Gasteiger partial charge on any atom is 0.338 e. The van der Waals surface area contributed by atoms with Gasteiger partial charge in [-0.1, -0.05) is 30.8 Å². The van der Waals surface area contributed by atoms with Crippen LogP contribution in [0.25, 0.3) is 10.8 Å². The maximum absolute atomic E-state index is 12.2. The molecular weight excluding hydrogens is 312 g/mol. The largest absolute Gasteiger partial charge is 0.478 e. The molecule has 0 aliphatic rings. The molecule has 0 spiro atoms. The van der Waals surface area contributed by atoms with E-state index >= 15 is 0 Å². The highest BCUT2D eigenvalue weighted by molar-refractivity contribution is 6.11. The highest BCUT2D eigenvalue weighted by Crippen LogP contribution is 2.23. The molecule has 0 unspecified atom stereocenters. The lowest BCUT2D eigenvalue weighted by atomic mass is 9.99. The SMILES string of the molecule is C=C(C)C(=O)OCCOC(=O)c1ccc(C(=O)O)c2ccccc12. The van der Waals surface area contributed by atoms with Gasteiger partial charge in [-0.25, -0.2) is 14.4 Å². The average Bonchev–Trinajstić information content (AvgIpc) is 2.56. The van der Waals surface area contributed by atoms with Crippen molar-refractivity contribution in [2.45, 2.75) is 6.92 Å². The van der Waals surface area contributed by atoms with Crippen molar-refractivity contribution in [1.82, 2.24) is 0 Å². The minimum Gasteiger partial charge on any atom is -0.478 e. The van der Waals surface area contributed by atoms with Gasteiger partial charge in [0.2, 0.25) is 0 Å². The number of carboxylic acid groups (broad SMARTS) is 1. The van der Waals surface area contributed by atoms with Gasteiger partial charge in [0.05, 0.1) is 11.1 Å². The van der Waals surface area contributed by atoms with Crippen molar-refractivity contribution in [3.63, 3.8) is 0 Å². The minimum absolute atomic E-state index is 0.0808. The molecular formula is C18H16O6. The first-order valence-corrected chi connectivity index (χ1v) is 7.16. The molecule has 0 saturated heterocycles. The van der Waals surface area contributed by atoms with Gasteiger partial charge in [0.1, 0.15) is 13.2 Å². The standard InChI is InChI=1S/C18H16O6/c1-11(2)17(21)23-9-10-24-18(22)15-8-7-14(16(19)20)12-5-3-4-6-13(12)15/h3-8H,1,9-10H2,2H3,(H,19,20). The molecule has 0 aliphatic heterocycles. The summed E-state index contributed by atoms with van der Waals surface area (Å²) < 4.78 is 9.91. The fourth-order valence-electron chi connectivity index (χ4n) is 2.13. The van der Waals surface area contributed by atoms with Gasteiger partial charge in [-0.05, 0) is 29.8 Å². The summed E-state index contributed by atoms with van der Waals surface area (Å²) in [5.41, 5.74) is 0.621. The van der Waals surface area contributed by atoms with Crippen LogP contribution in [0.1, 0.15) is 27.6 Å². The van der Waals surface area contributed by atoms with Crippen molar-refractivity contribution in [2.75, 3.05) is 13.2 Å². The van der Waals surface area contributed by atoms with Gasteiger partial charge in [-0.2, -0.15) is 0 Å². The van der Waals surface area contributed by atoms with Gasteiger partial charge in [-0.15, -0.1) is 0 Å². The summed E-state index contributed by atoms with van der Waals surface area (Å²) in [4.78, 5) is 34.7. The normalized spacial score (nSPS) is 10.2. The molecule has 2 rings (SSSR count). The zero-order valence-corrected chi connectivity index (χ0v) is 13.1. The van der Waals surface area contributed by atoms with Crippen molar-refractivity contribution >= 4 is 28.7 Å². The molecule has 124 valence electrons. The van der Waals surface area contributed by atoms with E-state index in [0.717, 1.165) is 0 Å². The minimum atomic E-state index is -1.07. The van der Waals surface area contributed by atoms with E-state index in [0.29, 0.717) is 10.8 Å². The second-order valence-electron chi connectivity index (χ2n) is 5.06. The van der Waals surface area contributed by atoms with Crippen LogP contribution in [0, 0.1) is 0 Å². The predicted octanol–water partition coefficient (Wildman–Crippen LogP) is 2.81. The summed E-state index contributed by atoms with van der Waals surface area (Å²) in [6.07, 6.45) is 0. The van der Waals surface area contributed by atoms with Crippen LogP contribution in [0.5, 0.6) is 0 Å². The molecule has 6 nitrogen and oxygen atoms in total. The third-order valence-electron chi connectivity index (χ3n) is 3.27. The quantitative estimate of drug-likeness (QED) is 0.498. The average molecular weight is 328 g/mol. The number of carboxylic acids is 1. The molecule has 0 aromatic heterocycles. The van der Waals surface area contributed by atoms with Crippen LogP contribution < -0.4 is 0 Å². The molecule has 1 N–H and O–H groups in total. The summed E-state index contributed by atoms with van der Waals surface area (Å²) >= 11 is 0. The van der Waals surface area contributed by atoms with Gasteiger partial charge < -0.3 is 14.6 Å². The molecule has 0 saturated carbocycles. The van der Waals surface area contributed by atoms with E-state index in [4.69, 9.17) is 9.47 Å². The Kier molecular flexibility index (Phi) is 5.31. The van der Waals surface area contributed by atoms with Gasteiger partial charge in [-0.3, -0.25) is 0 Å². The number of carbonyl (C=O) groups is 3. The van der Waals surface area contributed by atoms with E-state index < -0.39 is 17.9 Å². The van der Waals surface area contributed by atoms with E-state index in [-0.39, 0.29) is 29.9 Å². The van der Waals surface area contributed by atoms with E-state index in [1.807, 2.05) is 0 Å². The molecule has 0 atom stereocenters. The number of hydrogen-bond donors (Lipinski definition) is 1. The molecule has 0 fully saturated rings. The number of aromatic carboxylic acids is 1. The van der Waals surface area contributed by atoms with E-state index in [1.54, 1.807) is 24.3 Å². The van der Waals surface area contributed by atoms with E-state index in [1.165, 1.54) is 19.1 Å². The number of hydrogen-bond acceptors (Lipinski definition) is 5. The van der Waals surface area contributed by atoms with Crippen LogP contribution in [-0.4, -0.2) is 36.2 Å². The Labute approximate surface area is 138 Å². The Morgan fingerprint density at radius 2 is 1.50 bits per heavy atom. The summed E-state index contributed by atoms with van der Waals surface area (Å²) in [5.74, 6) is -2.24. The van der Waals surface area contributed by atoms with Crippen LogP contribution in [0.4, 0.5) is 0 Å². The number of benzene rings is 2. The van der Waals surface area contributed by atoms with Crippen molar-refractivity contribution in [3.8, 4) is 0 Å². The molecule has 0 radical (unpaired) electrons. The summed E-state index contributed by atoms with van der Waals surface area (Å²) in [7, 11) is 0. The molecule has 2 aromatic carbocycles. The zero-order chi connectivity index (χ0) is 17.7. The Morgan fingerprint density at radius 3 is 2.08 bits per heavy atom. The Balaban J connectivity index is 2.13. The second-order valence-corrected chi connectivity index (χ2v) is 5.06. The smallest absolute Gasteiger partial charge is 0.338 e. The molecule has 0 amide bonds. The first-order valence-electron chi connectivity index (χ1n) is 7.16. The van der Waals surface area contributed by atoms with Crippen molar-refractivity contribution < 1.29 is 29.0 Å². The monoisotopic (exact) mass is 328 g/mol. The molecule has 2 aromatic rings. The van der Waals surface area contributed by atoms with Gasteiger partial charge in [0.25, 0.3) is 0 Å². The number of esters is 2. The number of rotatable bonds is 6. The van der Waals surface area contributed by atoms with Crippen LogP contribution in [0.15, 0.2) is 48.6 Å². The molecule has 0 aliphatic carbocycles. The molecule has 24 heavy (non-hydrogen) atoms. The zero-order valence-electron chi connectivity index (χ0n) is 13.1. The van der Waals surface area contributed by atoms with Crippen LogP contribution >= 0.6 is 0 Å². The Hall–Kier alpha value is -3.15. The van der Waals surface area contributed by atoms with Crippen LogP contribution in [0.3, 0.4) is 0 Å². The third-order valence-corrected chi connectivity index (χ3v) is 3.27. The number of fused-ring (bicyclic) bond motifs is 1. The topological polar surface area (TPSA) is 89.9 Å². The van der Waals surface area contributed by atoms with Gasteiger partial charge in [0, 0.05) is 5.57 Å². The maximum atomic E-state index is 12.2. The summed E-state index contributed by atoms with van der Waals surface area (Å²) in [6.45, 7) is 4.78. The Bertz CT molecular complexity index is 821. The molecule has 0 bridgehead atoms. The van der Waals surface area contributed by atoms with Crippen molar-refractivity contribution in [2.24, 2.45) is 0 Å². The summed E-state index contributed by atoms with van der Waals surface area (Å²) in [6, 6.07) is 9.46. The van der Waals surface area contributed by atoms with Gasteiger partial charge in [0.15, 0.2) is 0 Å². The third kappa shape index (κ3) is 3.78. The second kappa shape index (κ2) is 7.41. The number of carbonyl (C=O) groups excluding carboxylic acids is 2. The molecule has 6 heteroatoms. The van der Waals surface area contributed by atoms with E-state index in [2.05, 4.69) is 6.58 Å². The van der Waals surface area contributed by atoms with Crippen molar-refractivity contribution in [1.29, 1.82) is 0 Å². The highest BCUT2D eigenvalue weighted by Gasteiger charge is 2.16. The predicted molar refractivity (Wildman–Crippen MR) is 87.0 cm³/mol. The summed E-state index contributed by atoms with van der Waals surface area (Å²) in [5, 5.41) is 10.2. The fraction of sp³-hybridized carbons (Fsp3) is 0.167. The molecule has 0 heterocycles. The van der Waals surface area contributed by atoms with Crippen LogP contribution in [-0.2, 0) is 14.3 Å². The van der Waals surface area contributed by atoms with Gasteiger partial charge >= 0.3 is 17.9 Å². The highest BCUT2D eigenvalue weighted by atomic mass is 16.6. The van der Waals surface area contributed by atoms with E-state index in [9.17, 15) is 19.5 Å². The fourth-order valence-corrected chi connectivity index (χ4v) is 2.13. The lowest BCUT2D eigenvalue weighted by molar-refractivity contribution is -0.140. The lowest BCUT2D eigenvalue weighted by Crippen LogP contribution is -2.14. The van der Waals surface area contributed by atoms with Crippen LogP contribution in [0.2, 0.25) is 0 Å².